The van der Waals surface area contributed by atoms with Gasteiger partial charge in [0.2, 0.25) is 11.8 Å². The number of rotatable bonds is 9. The number of carbonyl (C=O) groups excluding carboxylic acids is 2. The van der Waals surface area contributed by atoms with E-state index in [0.717, 1.165) is 13.1 Å². The van der Waals surface area contributed by atoms with Crippen LogP contribution in [0.5, 0.6) is 0 Å². The van der Waals surface area contributed by atoms with Gasteiger partial charge in [-0.3, -0.25) is 19.4 Å². The highest BCUT2D eigenvalue weighted by Gasteiger charge is 2.28. The Bertz CT molecular complexity index is 324. The third-order valence-corrected chi connectivity index (χ3v) is 4.05. The molecule has 0 aliphatic carbocycles. The fourth-order valence-corrected chi connectivity index (χ4v) is 2.91. The van der Waals surface area contributed by atoms with Gasteiger partial charge in [0.1, 0.15) is 0 Å². The quantitative estimate of drug-likeness (QED) is 0.646. The molecule has 2 amide bonds. The van der Waals surface area contributed by atoms with Gasteiger partial charge in [0.15, 0.2) is 0 Å². The molecule has 0 radical (unpaired) electrons. The first kappa shape index (κ1) is 20.9. The minimum atomic E-state index is -0.157. The molecule has 0 fully saturated rings. The van der Waals surface area contributed by atoms with Crippen LogP contribution in [0.1, 0.15) is 27.7 Å². The van der Waals surface area contributed by atoms with Crippen LogP contribution < -0.4 is 10.6 Å². The Balaban J connectivity index is 4.75. The number of nitrogens with one attached hydrogen (secondary N) is 2. The van der Waals surface area contributed by atoms with E-state index in [4.69, 9.17) is 0 Å². The molecule has 0 unspecified atom stereocenters. The van der Waals surface area contributed by atoms with Crippen molar-refractivity contribution in [2.45, 2.75) is 39.8 Å². The number of amides is 2. The first-order chi connectivity index (χ1) is 10.2. The maximum atomic E-state index is 12.0. The van der Waals surface area contributed by atoms with Crippen molar-refractivity contribution in [2.24, 2.45) is 11.8 Å². The van der Waals surface area contributed by atoms with Crippen LogP contribution in [0.3, 0.4) is 0 Å². The number of nitrogens with zero attached hydrogens (tertiary/aromatic N) is 2. The second-order valence-electron chi connectivity index (χ2n) is 6.57. The molecule has 6 nitrogen and oxygen atoms in total. The summed E-state index contributed by atoms with van der Waals surface area (Å²) in [4.78, 5) is 28.1. The molecule has 0 spiro atoms. The predicted molar refractivity (Wildman–Crippen MR) is 90.6 cm³/mol. The van der Waals surface area contributed by atoms with Gasteiger partial charge in [0.05, 0.1) is 12.1 Å². The van der Waals surface area contributed by atoms with Gasteiger partial charge in [-0.1, -0.05) is 27.7 Å². The van der Waals surface area contributed by atoms with Crippen molar-refractivity contribution in [3.63, 3.8) is 0 Å². The molecule has 22 heavy (non-hydrogen) atoms. The molecule has 0 rings (SSSR count). The Labute approximate surface area is 135 Å². The van der Waals surface area contributed by atoms with Gasteiger partial charge < -0.3 is 10.6 Å². The van der Waals surface area contributed by atoms with Crippen molar-refractivity contribution < 1.29 is 9.59 Å². The molecule has 0 aromatic carbocycles. The standard InChI is InChI=1S/C16H34N4O2/c1-11(2)13(15(21)17-5)19(7)9-10-20(8)14(12(3)4)16(22)18-6/h11-14H,9-10H2,1-8H3,(H,17,21)(H,18,22)/t13-,14-/m1/s1. The molecule has 130 valence electrons. The highest BCUT2D eigenvalue weighted by molar-refractivity contribution is 5.82. The average molecular weight is 314 g/mol. The van der Waals surface area contributed by atoms with Crippen molar-refractivity contribution in [1.82, 2.24) is 20.4 Å². The maximum absolute atomic E-state index is 12.0. The van der Waals surface area contributed by atoms with Gasteiger partial charge in [-0.15, -0.1) is 0 Å². The summed E-state index contributed by atoms with van der Waals surface area (Å²) < 4.78 is 0. The largest absolute Gasteiger partial charge is 0.358 e. The monoisotopic (exact) mass is 314 g/mol. The highest BCUT2D eigenvalue weighted by Crippen LogP contribution is 2.12. The smallest absolute Gasteiger partial charge is 0.237 e. The third kappa shape index (κ3) is 5.93. The van der Waals surface area contributed by atoms with Gasteiger partial charge in [0, 0.05) is 27.2 Å². The van der Waals surface area contributed by atoms with E-state index in [1.807, 2.05) is 41.8 Å². The summed E-state index contributed by atoms with van der Waals surface area (Å²) in [5.41, 5.74) is 0. The van der Waals surface area contributed by atoms with Crippen molar-refractivity contribution >= 4 is 11.8 Å². The van der Waals surface area contributed by atoms with Crippen LogP contribution in [0.25, 0.3) is 0 Å². The first-order valence-corrected chi connectivity index (χ1v) is 8.00. The minimum absolute atomic E-state index is 0.0341. The first-order valence-electron chi connectivity index (χ1n) is 8.00. The van der Waals surface area contributed by atoms with E-state index in [9.17, 15) is 9.59 Å². The SMILES string of the molecule is CNC(=O)[C@@H](C(C)C)N(C)CCN(C)[C@@H](C(=O)NC)C(C)C. The lowest BCUT2D eigenvalue weighted by atomic mass is 10.0. The molecule has 0 saturated carbocycles. The molecule has 0 aromatic rings. The summed E-state index contributed by atoms with van der Waals surface area (Å²) >= 11 is 0. The van der Waals surface area contributed by atoms with Gasteiger partial charge in [0.25, 0.3) is 0 Å². The summed E-state index contributed by atoms with van der Waals surface area (Å²) in [6.07, 6.45) is 0. The van der Waals surface area contributed by atoms with Crippen LogP contribution >= 0.6 is 0 Å². The van der Waals surface area contributed by atoms with Crippen LogP contribution in [-0.2, 0) is 9.59 Å². The van der Waals surface area contributed by atoms with E-state index in [0.29, 0.717) is 0 Å². The van der Waals surface area contributed by atoms with Crippen LogP contribution in [0, 0.1) is 11.8 Å². The lowest BCUT2D eigenvalue weighted by Gasteiger charge is -2.34. The molecule has 0 aliphatic rings. The van der Waals surface area contributed by atoms with Crippen molar-refractivity contribution in [3.8, 4) is 0 Å². The summed E-state index contributed by atoms with van der Waals surface area (Å²) in [7, 11) is 7.24. The van der Waals surface area contributed by atoms with Gasteiger partial charge >= 0.3 is 0 Å². The van der Waals surface area contributed by atoms with Crippen molar-refractivity contribution in [3.05, 3.63) is 0 Å². The van der Waals surface area contributed by atoms with Crippen LogP contribution in [0.15, 0.2) is 0 Å². The van der Waals surface area contributed by atoms with Crippen molar-refractivity contribution in [1.29, 1.82) is 0 Å². The summed E-state index contributed by atoms with van der Waals surface area (Å²) in [6.45, 7) is 9.63. The van der Waals surface area contributed by atoms with E-state index in [1.54, 1.807) is 14.1 Å². The van der Waals surface area contributed by atoms with Gasteiger partial charge in [-0.2, -0.15) is 0 Å². The van der Waals surface area contributed by atoms with Crippen LogP contribution in [0.4, 0.5) is 0 Å². The Morgan fingerprint density at radius 1 is 0.773 bits per heavy atom. The zero-order chi connectivity index (χ0) is 17.4. The predicted octanol–water partition coefficient (Wildman–Crippen LogP) is 0.391. The average Bonchev–Trinajstić information content (AvgIpc) is 2.44. The number of likely N-dealkylation sites (N-methyl/N-ethyl adjacent to an activating group) is 4. The molecule has 0 saturated heterocycles. The highest BCUT2D eigenvalue weighted by atomic mass is 16.2. The summed E-state index contributed by atoms with van der Waals surface area (Å²) in [5.74, 6) is 0.531. The Hall–Kier alpha value is -1.14. The molecular weight excluding hydrogens is 280 g/mol. The topological polar surface area (TPSA) is 64.7 Å². The number of hydrogen-bond acceptors (Lipinski definition) is 4. The molecule has 6 heteroatoms. The molecule has 0 aliphatic heterocycles. The van der Waals surface area contributed by atoms with E-state index in [2.05, 4.69) is 20.4 Å². The van der Waals surface area contributed by atoms with E-state index in [-0.39, 0.29) is 35.7 Å². The molecule has 2 atom stereocenters. The second kappa shape index (κ2) is 9.79. The number of hydrogen-bond donors (Lipinski definition) is 2. The lowest BCUT2D eigenvalue weighted by Crippen LogP contribution is -2.52. The zero-order valence-electron chi connectivity index (χ0n) is 15.4. The molecular formula is C16H34N4O2. The normalized spacial score (nSPS) is 14.5. The van der Waals surface area contributed by atoms with E-state index in [1.165, 1.54) is 0 Å². The van der Waals surface area contributed by atoms with Crippen LogP contribution in [-0.4, -0.2) is 75.0 Å². The molecule has 0 bridgehead atoms. The van der Waals surface area contributed by atoms with E-state index < -0.39 is 0 Å². The van der Waals surface area contributed by atoms with E-state index >= 15 is 0 Å². The van der Waals surface area contributed by atoms with Gasteiger partial charge in [-0.05, 0) is 25.9 Å². The zero-order valence-corrected chi connectivity index (χ0v) is 15.4. The summed E-state index contributed by atoms with van der Waals surface area (Å²) in [6, 6.07) is -0.313. The van der Waals surface area contributed by atoms with Crippen LogP contribution in [0.2, 0.25) is 0 Å². The fourth-order valence-electron chi connectivity index (χ4n) is 2.91. The third-order valence-electron chi connectivity index (χ3n) is 4.05. The molecule has 2 N–H and O–H groups in total. The lowest BCUT2D eigenvalue weighted by molar-refractivity contribution is -0.129. The number of carbonyl (C=O) groups is 2. The Morgan fingerprint density at radius 2 is 1.05 bits per heavy atom. The van der Waals surface area contributed by atoms with Gasteiger partial charge in [-0.25, -0.2) is 0 Å². The molecule has 0 aromatic heterocycles. The Morgan fingerprint density at radius 3 is 1.23 bits per heavy atom. The summed E-state index contributed by atoms with van der Waals surface area (Å²) in [5, 5.41) is 5.45. The maximum Gasteiger partial charge on any atom is 0.237 e. The fraction of sp³-hybridized carbons (Fsp3) is 0.875. The molecule has 0 heterocycles. The van der Waals surface area contributed by atoms with Crippen molar-refractivity contribution in [2.75, 3.05) is 41.3 Å². The Kier molecular flexibility index (Phi) is 9.28. The second-order valence-corrected chi connectivity index (χ2v) is 6.57. The minimum Gasteiger partial charge on any atom is -0.358 e.